The molecule has 7 heteroatoms. The van der Waals surface area contributed by atoms with Gasteiger partial charge in [0.15, 0.2) is 0 Å². The van der Waals surface area contributed by atoms with E-state index in [0.717, 1.165) is 5.56 Å². The second-order valence-corrected chi connectivity index (χ2v) is 5.58. The Morgan fingerprint density at radius 1 is 1.29 bits per heavy atom. The van der Waals surface area contributed by atoms with Gasteiger partial charge in [0.05, 0.1) is 11.7 Å². The number of amides is 1. The lowest BCUT2D eigenvalue weighted by Gasteiger charge is -2.19. The fourth-order valence-corrected chi connectivity index (χ4v) is 2.65. The number of carbonyl (C=O) groups is 1. The highest BCUT2D eigenvalue weighted by Gasteiger charge is 2.21. The van der Waals surface area contributed by atoms with Crippen molar-refractivity contribution in [1.29, 1.82) is 0 Å². The summed E-state index contributed by atoms with van der Waals surface area (Å²) < 4.78 is 6.84. The topological polar surface area (TPSA) is 85.8 Å². The summed E-state index contributed by atoms with van der Waals surface area (Å²) in [6.45, 7) is 4.15. The number of aryl methyl sites for hydroxylation is 3. The molecule has 0 saturated heterocycles. The van der Waals surface area contributed by atoms with Crippen LogP contribution >= 0.6 is 0 Å². The first-order chi connectivity index (χ1) is 11.6. The molecular weight excluding hydrogens is 306 g/mol. The fourth-order valence-electron chi connectivity index (χ4n) is 2.65. The molecule has 1 N–H and O–H groups in total. The number of nitrogens with one attached hydrogen (secondary N) is 1. The third-order valence-corrected chi connectivity index (χ3v) is 3.88. The maximum Gasteiger partial charge on any atom is 0.257 e. The summed E-state index contributed by atoms with van der Waals surface area (Å²) in [6, 6.07) is 9.73. The van der Waals surface area contributed by atoms with Crippen molar-refractivity contribution in [3.63, 3.8) is 0 Å². The van der Waals surface area contributed by atoms with Crippen LogP contribution in [-0.2, 0) is 6.54 Å². The molecule has 2 aromatic heterocycles. The second kappa shape index (κ2) is 7.08. The Balaban J connectivity index is 1.78. The summed E-state index contributed by atoms with van der Waals surface area (Å²) in [5.41, 5.74) is 2.13. The quantitative estimate of drug-likeness (QED) is 0.752. The van der Waals surface area contributed by atoms with E-state index < -0.39 is 0 Å². The smallest absolute Gasteiger partial charge is 0.257 e. The molecule has 1 amide bonds. The molecule has 0 fully saturated rings. The van der Waals surface area contributed by atoms with Crippen LogP contribution in [0, 0.1) is 13.8 Å². The van der Waals surface area contributed by atoms with Gasteiger partial charge in [-0.25, -0.2) is 4.98 Å². The summed E-state index contributed by atoms with van der Waals surface area (Å²) in [5, 5.41) is 11.0. The average Bonchev–Trinajstić information content (AvgIpc) is 3.22. The molecule has 1 aromatic carbocycles. The summed E-state index contributed by atoms with van der Waals surface area (Å²) in [7, 11) is 0. The Morgan fingerprint density at radius 3 is 2.71 bits per heavy atom. The number of nitrogens with zero attached hydrogens (tertiary/aromatic N) is 4. The largest absolute Gasteiger partial charge is 0.361 e. The molecule has 0 aliphatic rings. The number of hydrogen-bond acceptors (Lipinski definition) is 5. The van der Waals surface area contributed by atoms with Gasteiger partial charge >= 0.3 is 0 Å². The normalized spacial score (nSPS) is 12.1. The molecule has 1 atom stereocenters. The molecule has 0 aliphatic heterocycles. The van der Waals surface area contributed by atoms with Crippen LogP contribution in [0.25, 0.3) is 0 Å². The molecule has 3 aromatic rings. The van der Waals surface area contributed by atoms with Crippen LogP contribution in [0.15, 0.2) is 47.5 Å². The van der Waals surface area contributed by atoms with Crippen molar-refractivity contribution < 1.29 is 9.32 Å². The SMILES string of the molecule is Cc1noc(C)c1C(=O)NC(CCn1cncn1)c1ccccc1. The zero-order chi connectivity index (χ0) is 16.9. The highest BCUT2D eigenvalue weighted by Crippen LogP contribution is 2.20. The predicted octanol–water partition coefficient (Wildman–Crippen LogP) is 2.44. The van der Waals surface area contributed by atoms with Crippen LogP contribution < -0.4 is 5.32 Å². The Bertz CT molecular complexity index is 776. The lowest BCUT2D eigenvalue weighted by Crippen LogP contribution is -2.30. The molecule has 124 valence electrons. The van der Waals surface area contributed by atoms with Crippen molar-refractivity contribution in [2.45, 2.75) is 32.9 Å². The van der Waals surface area contributed by atoms with Crippen molar-refractivity contribution in [2.24, 2.45) is 0 Å². The van der Waals surface area contributed by atoms with Crippen molar-refractivity contribution in [3.8, 4) is 0 Å². The maximum atomic E-state index is 12.6. The monoisotopic (exact) mass is 325 g/mol. The molecule has 0 saturated carbocycles. The van der Waals surface area contributed by atoms with Gasteiger partial charge in [0.25, 0.3) is 5.91 Å². The van der Waals surface area contributed by atoms with Crippen LogP contribution in [0.5, 0.6) is 0 Å². The number of rotatable bonds is 6. The van der Waals surface area contributed by atoms with Crippen molar-refractivity contribution in [1.82, 2.24) is 25.2 Å². The van der Waals surface area contributed by atoms with Gasteiger partial charge in [-0.1, -0.05) is 35.5 Å². The van der Waals surface area contributed by atoms with Gasteiger partial charge < -0.3 is 9.84 Å². The highest BCUT2D eigenvalue weighted by molar-refractivity contribution is 5.96. The molecule has 1 unspecified atom stereocenters. The van der Waals surface area contributed by atoms with Gasteiger partial charge in [-0.2, -0.15) is 5.10 Å². The number of benzene rings is 1. The minimum Gasteiger partial charge on any atom is -0.361 e. The first-order valence-electron chi connectivity index (χ1n) is 7.76. The lowest BCUT2D eigenvalue weighted by atomic mass is 10.0. The summed E-state index contributed by atoms with van der Waals surface area (Å²) in [6.07, 6.45) is 3.86. The molecule has 0 aliphatic carbocycles. The van der Waals surface area contributed by atoms with E-state index in [9.17, 15) is 4.79 Å². The second-order valence-electron chi connectivity index (χ2n) is 5.58. The van der Waals surface area contributed by atoms with Crippen LogP contribution in [-0.4, -0.2) is 25.8 Å². The number of aromatic nitrogens is 4. The fraction of sp³-hybridized carbons (Fsp3) is 0.294. The van der Waals surface area contributed by atoms with Crippen LogP contribution in [0.3, 0.4) is 0 Å². The minimum atomic E-state index is -0.182. The zero-order valence-corrected chi connectivity index (χ0v) is 13.6. The van der Waals surface area contributed by atoms with E-state index in [0.29, 0.717) is 30.0 Å². The first-order valence-corrected chi connectivity index (χ1v) is 7.76. The Morgan fingerprint density at radius 2 is 2.08 bits per heavy atom. The van der Waals surface area contributed by atoms with E-state index in [2.05, 4.69) is 20.6 Å². The van der Waals surface area contributed by atoms with Crippen molar-refractivity contribution in [2.75, 3.05) is 0 Å². The van der Waals surface area contributed by atoms with Gasteiger partial charge in [0, 0.05) is 6.54 Å². The number of hydrogen-bond donors (Lipinski definition) is 1. The van der Waals surface area contributed by atoms with E-state index >= 15 is 0 Å². The average molecular weight is 325 g/mol. The first kappa shape index (κ1) is 15.9. The van der Waals surface area contributed by atoms with E-state index in [1.165, 1.54) is 6.33 Å². The van der Waals surface area contributed by atoms with E-state index in [4.69, 9.17) is 4.52 Å². The maximum absolute atomic E-state index is 12.6. The molecular formula is C17H19N5O2. The van der Waals surface area contributed by atoms with Gasteiger partial charge in [0.1, 0.15) is 24.0 Å². The van der Waals surface area contributed by atoms with Crippen LogP contribution in [0.1, 0.15) is 39.8 Å². The van der Waals surface area contributed by atoms with E-state index in [1.807, 2.05) is 30.3 Å². The van der Waals surface area contributed by atoms with Gasteiger partial charge in [0.2, 0.25) is 0 Å². The Labute approximate surface area is 139 Å². The molecule has 0 bridgehead atoms. The summed E-state index contributed by atoms with van der Waals surface area (Å²) >= 11 is 0. The molecule has 0 spiro atoms. The molecule has 2 heterocycles. The van der Waals surface area contributed by atoms with E-state index in [-0.39, 0.29) is 11.9 Å². The van der Waals surface area contributed by atoms with Gasteiger partial charge in [-0.15, -0.1) is 0 Å². The molecule has 3 rings (SSSR count). The standard InChI is InChI=1S/C17H19N5O2/c1-12-16(13(2)24-21-12)17(23)20-15(14-6-4-3-5-7-14)8-9-22-11-18-10-19-22/h3-7,10-11,15H,8-9H2,1-2H3,(H,20,23). The third kappa shape index (κ3) is 3.51. The minimum absolute atomic E-state index is 0.142. The Kier molecular flexibility index (Phi) is 4.69. The predicted molar refractivity (Wildman–Crippen MR) is 87.3 cm³/mol. The Hall–Kier alpha value is -2.96. The summed E-state index contributed by atoms with van der Waals surface area (Å²) in [5.74, 6) is 0.340. The van der Waals surface area contributed by atoms with Crippen molar-refractivity contribution in [3.05, 3.63) is 65.6 Å². The van der Waals surface area contributed by atoms with Crippen LogP contribution in [0.4, 0.5) is 0 Å². The van der Waals surface area contributed by atoms with Crippen LogP contribution in [0.2, 0.25) is 0 Å². The lowest BCUT2D eigenvalue weighted by molar-refractivity contribution is 0.0931. The molecule has 24 heavy (non-hydrogen) atoms. The van der Waals surface area contributed by atoms with Crippen molar-refractivity contribution >= 4 is 5.91 Å². The number of carbonyl (C=O) groups excluding carboxylic acids is 1. The van der Waals surface area contributed by atoms with Gasteiger partial charge in [-0.3, -0.25) is 9.48 Å². The molecule has 0 radical (unpaired) electrons. The van der Waals surface area contributed by atoms with E-state index in [1.54, 1.807) is 24.9 Å². The highest BCUT2D eigenvalue weighted by atomic mass is 16.5. The molecule has 7 nitrogen and oxygen atoms in total. The zero-order valence-electron chi connectivity index (χ0n) is 13.6. The third-order valence-electron chi connectivity index (χ3n) is 3.88. The van der Waals surface area contributed by atoms with Gasteiger partial charge in [-0.05, 0) is 25.8 Å². The summed E-state index contributed by atoms with van der Waals surface area (Å²) in [4.78, 5) is 16.6.